The highest BCUT2D eigenvalue weighted by atomic mass is 127. The highest BCUT2D eigenvalue weighted by Crippen LogP contribution is 2.29. The third kappa shape index (κ3) is 6.88. The van der Waals surface area contributed by atoms with Crippen molar-refractivity contribution in [3.05, 3.63) is 47.1 Å². The molecule has 6 nitrogen and oxygen atoms in total. The number of hydrogen-bond acceptors (Lipinski definition) is 4. The molecule has 0 spiro atoms. The zero-order valence-corrected chi connectivity index (χ0v) is 16.1. The van der Waals surface area contributed by atoms with Gasteiger partial charge < -0.3 is 15.2 Å². The Balaban J connectivity index is 0.00000312. The molecule has 138 valence electrons. The van der Waals surface area contributed by atoms with Gasteiger partial charge in [-0.05, 0) is 24.6 Å². The Bertz CT molecular complexity index is 685. The summed E-state index contributed by atoms with van der Waals surface area (Å²) in [4.78, 5) is 8.39. The Kier molecular flexibility index (Phi) is 8.13. The van der Waals surface area contributed by atoms with Crippen molar-refractivity contribution in [2.75, 3.05) is 6.54 Å². The summed E-state index contributed by atoms with van der Waals surface area (Å²) in [5.74, 6) is 1.48. The molecule has 1 aromatic heterocycles. The van der Waals surface area contributed by atoms with Crippen molar-refractivity contribution in [2.24, 2.45) is 4.99 Å². The van der Waals surface area contributed by atoms with Crippen molar-refractivity contribution in [3.63, 3.8) is 0 Å². The first kappa shape index (κ1) is 21.2. The lowest BCUT2D eigenvalue weighted by atomic mass is 10.1. The molecule has 0 saturated heterocycles. The summed E-state index contributed by atoms with van der Waals surface area (Å²) in [6.45, 7) is 4.83. The molecular weight excluding hydrogens is 450 g/mol. The second-order valence-electron chi connectivity index (χ2n) is 4.97. The quantitative estimate of drug-likeness (QED) is 0.400. The topological polar surface area (TPSA) is 75.3 Å². The molecule has 0 amide bonds. The molecule has 2 N–H and O–H groups in total. The van der Waals surface area contributed by atoms with Crippen LogP contribution in [0.25, 0.3) is 0 Å². The zero-order valence-electron chi connectivity index (χ0n) is 13.7. The number of hydrogen-bond donors (Lipinski definition) is 2. The van der Waals surface area contributed by atoms with Crippen LogP contribution >= 0.6 is 24.0 Å². The van der Waals surface area contributed by atoms with E-state index >= 15 is 0 Å². The molecule has 0 fully saturated rings. The van der Waals surface area contributed by atoms with E-state index in [4.69, 9.17) is 4.52 Å². The molecule has 25 heavy (non-hydrogen) atoms. The minimum Gasteiger partial charge on any atom is -0.357 e. The van der Waals surface area contributed by atoms with Gasteiger partial charge in [0.15, 0.2) is 11.8 Å². The number of guanidine groups is 1. The first-order valence-corrected chi connectivity index (χ1v) is 7.36. The molecule has 0 aliphatic carbocycles. The van der Waals surface area contributed by atoms with Gasteiger partial charge in [0.2, 0.25) is 5.89 Å². The van der Waals surface area contributed by atoms with E-state index in [2.05, 4.69) is 25.8 Å². The van der Waals surface area contributed by atoms with E-state index in [-0.39, 0.29) is 30.5 Å². The van der Waals surface area contributed by atoms with Crippen molar-refractivity contribution in [2.45, 2.75) is 33.1 Å². The van der Waals surface area contributed by atoms with Gasteiger partial charge in [0.05, 0.1) is 18.7 Å². The third-order valence-corrected chi connectivity index (χ3v) is 3.03. The van der Waals surface area contributed by atoms with Gasteiger partial charge in [-0.1, -0.05) is 17.3 Å². The average Bonchev–Trinajstić information content (AvgIpc) is 2.95. The van der Waals surface area contributed by atoms with Crippen LogP contribution in [0.5, 0.6) is 0 Å². The minimum atomic E-state index is -4.33. The van der Waals surface area contributed by atoms with Gasteiger partial charge in [-0.2, -0.15) is 18.2 Å². The standard InChI is InChI=1S/C15H18F3N5O.HI/c1-3-19-14(21-9-13-22-10(2)24-23-13)20-8-11-4-6-12(7-5-11)15(16,17)18;/h4-7H,3,8-9H2,1-2H3,(H2,19,20,21);1H. The van der Waals surface area contributed by atoms with Crippen LogP contribution in [0.1, 0.15) is 29.8 Å². The fraction of sp³-hybridized carbons (Fsp3) is 0.400. The Labute approximate surface area is 160 Å². The molecule has 0 saturated carbocycles. The summed E-state index contributed by atoms with van der Waals surface area (Å²) < 4.78 is 42.5. The van der Waals surface area contributed by atoms with Crippen molar-refractivity contribution < 1.29 is 17.7 Å². The van der Waals surface area contributed by atoms with Crippen LogP contribution in [0.3, 0.4) is 0 Å². The maximum absolute atomic E-state index is 12.5. The van der Waals surface area contributed by atoms with E-state index in [0.29, 0.717) is 36.3 Å². The summed E-state index contributed by atoms with van der Waals surface area (Å²) in [6.07, 6.45) is -4.33. The Morgan fingerprint density at radius 1 is 1.20 bits per heavy atom. The number of nitrogens with one attached hydrogen (secondary N) is 2. The number of rotatable bonds is 5. The van der Waals surface area contributed by atoms with Gasteiger partial charge in [0.1, 0.15) is 0 Å². The predicted molar refractivity (Wildman–Crippen MR) is 97.5 cm³/mol. The smallest absolute Gasteiger partial charge is 0.357 e. The summed E-state index contributed by atoms with van der Waals surface area (Å²) in [5, 5.41) is 9.83. The monoisotopic (exact) mass is 469 g/mol. The molecule has 0 aliphatic rings. The average molecular weight is 469 g/mol. The molecule has 1 aromatic carbocycles. The lowest BCUT2D eigenvalue weighted by Gasteiger charge is -2.10. The highest BCUT2D eigenvalue weighted by Gasteiger charge is 2.29. The molecule has 0 radical (unpaired) electrons. The second-order valence-corrected chi connectivity index (χ2v) is 4.97. The first-order chi connectivity index (χ1) is 11.4. The molecule has 0 atom stereocenters. The van der Waals surface area contributed by atoms with Crippen molar-refractivity contribution in [1.82, 2.24) is 20.8 Å². The SMILES string of the molecule is CCNC(=NCc1ccc(C(F)(F)F)cc1)NCc1noc(C)n1.I. The summed E-state index contributed by atoms with van der Waals surface area (Å²) >= 11 is 0. The number of alkyl halides is 3. The van der Waals surface area contributed by atoms with Crippen LogP contribution in [-0.4, -0.2) is 22.6 Å². The molecule has 0 unspecified atom stereocenters. The normalized spacial score (nSPS) is 11.8. The zero-order chi connectivity index (χ0) is 17.6. The maximum Gasteiger partial charge on any atom is 0.416 e. The van der Waals surface area contributed by atoms with E-state index in [0.717, 1.165) is 12.1 Å². The molecule has 2 rings (SSSR count). The highest BCUT2D eigenvalue weighted by molar-refractivity contribution is 14.0. The number of benzene rings is 1. The molecule has 1 heterocycles. The maximum atomic E-state index is 12.5. The van der Waals surface area contributed by atoms with Gasteiger partial charge in [-0.15, -0.1) is 24.0 Å². The first-order valence-electron chi connectivity index (χ1n) is 7.36. The van der Waals surface area contributed by atoms with Crippen LogP contribution in [0.15, 0.2) is 33.8 Å². The fourth-order valence-electron chi connectivity index (χ4n) is 1.89. The van der Waals surface area contributed by atoms with E-state index < -0.39 is 11.7 Å². The largest absolute Gasteiger partial charge is 0.416 e. The number of aryl methyl sites for hydroxylation is 1. The van der Waals surface area contributed by atoms with Crippen molar-refractivity contribution in [3.8, 4) is 0 Å². The molecule has 0 aliphatic heterocycles. The van der Waals surface area contributed by atoms with Gasteiger partial charge in [-0.25, -0.2) is 4.99 Å². The van der Waals surface area contributed by atoms with E-state index in [1.54, 1.807) is 6.92 Å². The molecule has 0 bridgehead atoms. The predicted octanol–water partition coefficient (Wildman–Crippen LogP) is 3.27. The van der Waals surface area contributed by atoms with Crippen LogP contribution in [0, 0.1) is 6.92 Å². The van der Waals surface area contributed by atoms with Gasteiger partial charge in [0.25, 0.3) is 0 Å². The van der Waals surface area contributed by atoms with Crippen LogP contribution in [0.4, 0.5) is 13.2 Å². The Morgan fingerprint density at radius 3 is 2.40 bits per heavy atom. The van der Waals surface area contributed by atoms with Gasteiger partial charge in [0, 0.05) is 13.5 Å². The molecule has 10 heteroatoms. The van der Waals surface area contributed by atoms with E-state index in [1.165, 1.54) is 12.1 Å². The number of halogens is 4. The third-order valence-electron chi connectivity index (χ3n) is 3.03. The van der Waals surface area contributed by atoms with Crippen molar-refractivity contribution in [1.29, 1.82) is 0 Å². The minimum absolute atomic E-state index is 0. The Hall–Kier alpha value is -1.85. The summed E-state index contributed by atoms with van der Waals surface area (Å²) in [5.41, 5.74) is 0.00310. The molecule has 2 aromatic rings. The van der Waals surface area contributed by atoms with E-state index in [9.17, 15) is 13.2 Å². The van der Waals surface area contributed by atoms with Crippen molar-refractivity contribution >= 4 is 29.9 Å². The lowest BCUT2D eigenvalue weighted by Crippen LogP contribution is -2.37. The van der Waals surface area contributed by atoms with E-state index in [1.807, 2.05) is 6.92 Å². The number of aliphatic imine (C=N–C) groups is 1. The second kappa shape index (κ2) is 9.59. The number of nitrogens with zero attached hydrogens (tertiary/aromatic N) is 3. The summed E-state index contributed by atoms with van der Waals surface area (Å²) in [7, 11) is 0. The van der Waals surface area contributed by atoms with Gasteiger partial charge in [-0.3, -0.25) is 0 Å². The van der Waals surface area contributed by atoms with Gasteiger partial charge >= 0.3 is 6.18 Å². The lowest BCUT2D eigenvalue weighted by molar-refractivity contribution is -0.137. The van der Waals surface area contributed by atoms with Crippen LogP contribution in [-0.2, 0) is 19.3 Å². The van der Waals surface area contributed by atoms with Crippen LogP contribution in [0.2, 0.25) is 0 Å². The van der Waals surface area contributed by atoms with Crippen LogP contribution < -0.4 is 10.6 Å². The summed E-state index contributed by atoms with van der Waals surface area (Å²) in [6, 6.07) is 4.93. The number of aromatic nitrogens is 2. The fourth-order valence-corrected chi connectivity index (χ4v) is 1.89. The Morgan fingerprint density at radius 2 is 1.88 bits per heavy atom. The molecular formula is C15H19F3IN5O.